The lowest BCUT2D eigenvalue weighted by atomic mass is 10.3. The summed E-state index contributed by atoms with van der Waals surface area (Å²) in [6.45, 7) is -0.0727. The van der Waals surface area contributed by atoms with E-state index in [4.69, 9.17) is 22.2 Å². The fraction of sp³-hybridized carbons (Fsp3) is 0.167. The highest BCUT2D eigenvalue weighted by molar-refractivity contribution is 6.33. The molecule has 0 spiro atoms. The molecule has 5 heteroatoms. The van der Waals surface area contributed by atoms with Gasteiger partial charge in [0.25, 0.3) is 0 Å². The van der Waals surface area contributed by atoms with Gasteiger partial charge in [0.2, 0.25) is 0 Å². The number of rotatable bonds is 6. The first-order valence-electron chi connectivity index (χ1n) is 5.04. The molecule has 0 amide bonds. The van der Waals surface area contributed by atoms with Crippen LogP contribution in [0.25, 0.3) is 0 Å². The van der Waals surface area contributed by atoms with E-state index in [2.05, 4.69) is 5.43 Å². The van der Waals surface area contributed by atoms with Crippen molar-refractivity contribution in [1.82, 2.24) is 0 Å². The van der Waals surface area contributed by atoms with Crippen LogP contribution in [0.2, 0.25) is 5.02 Å². The molecular formula is C12H14ClFN2O. The molecule has 92 valence electrons. The Hall–Kier alpha value is -1.52. The highest BCUT2D eigenvalue weighted by atomic mass is 35.5. The highest BCUT2D eigenvalue weighted by Crippen LogP contribution is 2.25. The first kappa shape index (κ1) is 13.5. The van der Waals surface area contributed by atoms with Gasteiger partial charge in [-0.25, -0.2) is 4.39 Å². The third-order valence-electron chi connectivity index (χ3n) is 1.91. The van der Waals surface area contributed by atoms with Crippen LogP contribution in [-0.2, 0) is 0 Å². The molecule has 17 heavy (non-hydrogen) atoms. The summed E-state index contributed by atoms with van der Waals surface area (Å²) in [4.78, 5) is 0. The minimum absolute atomic E-state index is 0.391. The van der Waals surface area contributed by atoms with Gasteiger partial charge in [-0.3, -0.25) is 5.84 Å². The van der Waals surface area contributed by atoms with Crippen LogP contribution >= 0.6 is 11.6 Å². The number of nitrogens with one attached hydrogen (secondary N) is 1. The van der Waals surface area contributed by atoms with Gasteiger partial charge in [-0.05, 0) is 18.2 Å². The number of benzene rings is 1. The van der Waals surface area contributed by atoms with E-state index in [-0.39, 0.29) is 0 Å². The van der Waals surface area contributed by atoms with Crippen LogP contribution in [0, 0.1) is 0 Å². The van der Waals surface area contributed by atoms with E-state index < -0.39 is 6.67 Å². The second kappa shape index (κ2) is 7.70. The molecule has 0 saturated carbocycles. The first-order valence-corrected chi connectivity index (χ1v) is 5.42. The molecule has 0 aliphatic rings. The van der Waals surface area contributed by atoms with Crippen LogP contribution in [0.3, 0.4) is 0 Å². The van der Waals surface area contributed by atoms with Crippen molar-refractivity contribution in [2.24, 2.45) is 5.84 Å². The second-order valence-electron chi connectivity index (χ2n) is 3.11. The van der Waals surface area contributed by atoms with Gasteiger partial charge in [0.05, 0.1) is 10.7 Å². The molecule has 0 fully saturated rings. The summed E-state index contributed by atoms with van der Waals surface area (Å²) < 4.78 is 17.1. The van der Waals surface area contributed by atoms with Gasteiger partial charge in [-0.1, -0.05) is 29.8 Å². The lowest BCUT2D eigenvalue weighted by molar-refractivity contribution is 0.363. The van der Waals surface area contributed by atoms with E-state index in [1.54, 1.807) is 36.4 Å². The average Bonchev–Trinajstić information content (AvgIpc) is 2.34. The van der Waals surface area contributed by atoms with E-state index in [1.807, 2.05) is 0 Å². The van der Waals surface area contributed by atoms with Crippen molar-refractivity contribution < 1.29 is 9.13 Å². The quantitative estimate of drug-likeness (QED) is 0.467. The van der Waals surface area contributed by atoms with Crippen molar-refractivity contribution in [2.75, 3.05) is 18.7 Å². The van der Waals surface area contributed by atoms with Crippen LogP contribution in [0.15, 0.2) is 42.5 Å². The number of ether oxygens (including phenoxy) is 1. The molecule has 1 aromatic rings. The number of halogens is 2. The number of allylic oxidation sites excluding steroid dienone is 3. The number of hydrazine groups is 1. The zero-order valence-electron chi connectivity index (χ0n) is 9.20. The average molecular weight is 257 g/mol. The molecule has 0 aliphatic heterocycles. The van der Waals surface area contributed by atoms with Crippen LogP contribution in [0.5, 0.6) is 5.75 Å². The van der Waals surface area contributed by atoms with Gasteiger partial charge in [0.1, 0.15) is 19.0 Å². The van der Waals surface area contributed by atoms with Crippen molar-refractivity contribution in [3.8, 4) is 5.75 Å². The maximum atomic E-state index is 11.7. The van der Waals surface area contributed by atoms with E-state index in [0.29, 0.717) is 23.1 Å². The molecule has 0 aliphatic carbocycles. The molecule has 1 rings (SSSR count). The van der Waals surface area contributed by atoms with Crippen LogP contribution in [-0.4, -0.2) is 13.3 Å². The van der Waals surface area contributed by atoms with E-state index in [9.17, 15) is 4.39 Å². The molecule has 0 aromatic heterocycles. The van der Waals surface area contributed by atoms with Gasteiger partial charge in [0.15, 0.2) is 0 Å². The molecular weight excluding hydrogens is 243 g/mol. The predicted molar refractivity (Wildman–Crippen MR) is 69.0 cm³/mol. The van der Waals surface area contributed by atoms with Crippen molar-refractivity contribution >= 4 is 17.3 Å². The normalized spacial score (nSPS) is 11.2. The van der Waals surface area contributed by atoms with Crippen molar-refractivity contribution in [1.29, 1.82) is 0 Å². The highest BCUT2D eigenvalue weighted by Gasteiger charge is 1.99. The second-order valence-corrected chi connectivity index (χ2v) is 3.51. The lowest BCUT2D eigenvalue weighted by Gasteiger charge is -2.06. The Balaban J connectivity index is 2.44. The summed E-state index contributed by atoms with van der Waals surface area (Å²) in [6.07, 6.45) is 6.53. The summed E-state index contributed by atoms with van der Waals surface area (Å²) in [6, 6.07) is 5.15. The smallest absolute Gasteiger partial charge is 0.121 e. The van der Waals surface area contributed by atoms with Crippen LogP contribution in [0.1, 0.15) is 0 Å². The zero-order valence-corrected chi connectivity index (χ0v) is 9.95. The Kier molecular flexibility index (Phi) is 6.14. The maximum Gasteiger partial charge on any atom is 0.121 e. The SMILES string of the molecule is NNc1ccc(OC/C=C\C=C/CF)cc1Cl. The Morgan fingerprint density at radius 2 is 2.12 bits per heavy atom. The maximum absolute atomic E-state index is 11.7. The van der Waals surface area contributed by atoms with Crippen molar-refractivity contribution in [3.05, 3.63) is 47.5 Å². The summed E-state index contributed by atoms with van der Waals surface area (Å²) in [5.74, 6) is 5.89. The summed E-state index contributed by atoms with van der Waals surface area (Å²) >= 11 is 5.92. The van der Waals surface area contributed by atoms with Gasteiger partial charge >= 0.3 is 0 Å². The van der Waals surface area contributed by atoms with Gasteiger partial charge in [-0.2, -0.15) is 0 Å². The topological polar surface area (TPSA) is 47.3 Å². The Morgan fingerprint density at radius 3 is 2.76 bits per heavy atom. The summed E-state index contributed by atoms with van der Waals surface area (Å²) in [5.41, 5.74) is 3.11. The Morgan fingerprint density at radius 1 is 1.35 bits per heavy atom. The number of anilines is 1. The van der Waals surface area contributed by atoms with Crippen molar-refractivity contribution in [2.45, 2.75) is 0 Å². The molecule has 1 aromatic carbocycles. The van der Waals surface area contributed by atoms with E-state index in [1.165, 1.54) is 6.08 Å². The molecule has 0 bridgehead atoms. The molecule has 0 radical (unpaired) electrons. The summed E-state index contributed by atoms with van der Waals surface area (Å²) in [7, 11) is 0. The third kappa shape index (κ3) is 4.89. The van der Waals surface area contributed by atoms with Gasteiger partial charge in [-0.15, -0.1) is 0 Å². The predicted octanol–water partition coefficient (Wildman–Crippen LogP) is 3.09. The van der Waals surface area contributed by atoms with E-state index >= 15 is 0 Å². The van der Waals surface area contributed by atoms with Crippen LogP contribution in [0.4, 0.5) is 10.1 Å². The van der Waals surface area contributed by atoms with Crippen molar-refractivity contribution in [3.63, 3.8) is 0 Å². The largest absolute Gasteiger partial charge is 0.489 e. The molecule has 0 heterocycles. The Labute approximate surface area is 105 Å². The number of hydrogen-bond acceptors (Lipinski definition) is 3. The summed E-state index contributed by atoms with van der Waals surface area (Å²) in [5, 5.41) is 0.492. The number of hydrogen-bond donors (Lipinski definition) is 2. The third-order valence-corrected chi connectivity index (χ3v) is 2.23. The van der Waals surface area contributed by atoms with Crippen LogP contribution < -0.4 is 16.0 Å². The first-order chi connectivity index (χ1) is 8.27. The standard InChI is InChI=1S/C12H14ClFN2O/c13-11-9-10(5-6-12(11)16-15)17-8-4-2-1-3-7-14/h1-6,9,16H,7-8,15H2/b3-1-,4-2-. The Bertz CT molecular complexity index is 407. The monoisotopic (exact) mass is 256 g/mol. The fourth-order valence-electron chi connectivity index (χ4n) is 1.11. The fourth-order valence-corrected chi connectivity index (χ4v) is 1.34. The molecule has 0 atom stereocenters. The molecule has 0 unspecified atom stereocenters. The minimum Gasteiger partial charge on any atom is -0.489 e. The zero-order chi connectivity index (χ0) is 12.5. The lowest BCUT2D eigenvalue weighted by Crippen LogP contribution is -2.07. The van der Waals surface area contributed by atoms with E-state index in [0.717, 1.165) is 0 Å². The molecule has 3 nitrogen and oxygen atoms in total. The molecule has 0 saturated heterocycles. The number of nitrogens with two attached hydrogens (primary N) is 1. The van der Waals surface area contributed by atoms with Gasteiger partial charge in [0, 0.05) is 6.07 Å². The van der Waals surface area contributed by atoms with Gasteiger partial charge < -0.3 is 10.2 Å². The minimum atomic E-state index is -0.464. The molecule has 3 N–H and O–H groups in total. The number of alkyl halides is 1. The number of nitrogen functional groups attached to an aromatic ring is 1.